The van der Waals surface area contributed by atoms with Crippen molar-refractivity contribution >= 4 is 115 Å². The van der Waals surface area contributed by atoms with Gasteiger partial charge in [0.1, 0.15) is 5.58 Å². The minimum atomic E-state index is -0.139. The summed E-state index contributed by atoms with van der Waals surface area (Å²) in [4.78, 5) is 2.74. The summed E-state index contributed by atoms with van der Waals surface area (Å²) in [7, 11) is 0. The number of furan rings is 1. The van der Waals surface area contributed by atoms with Crippen LogP contribution >= 0.6 is 11.3 Å². The number of nitrogens with zero attached hydrogens (tertiary/aromatic N) is 2. The molecule has 0 amide bonds. The Morgan fingerprint density at radius 1 is 0.562 bits per heavy atom. The standard InChI is InChI=1S/C68H49BN2OS/c1-67(24-22-42-26-44(42)36-67)46-18-21-58-50(30-46)55-31-47(68(2)25-23-43-27-45(43)37-68)32-57-64(55)70(58)65-63-54(34-56-49-14-8-9-15-60(49)72-66(56)65)51-33-53-52-28-40-12-6-7-13-41(40)29-61(52)73-62(53)35-59(51)71(69(57)63)48-19-16-39(17-20-48)38-10-4-3-5-11-38/h3-23,28-35,44-45H,24-27,36-37H2,1-2H3. The lowest BCUT2D eigenvalue weighted by Crippen LogP contribution is -2.60. The molecule has 0 spiro atoms. The van der Waals surface area contributed by atoms with Crippen LogP contribution < -0.4 is 15.7 Å². The lowest BCUT2D eigenvalue weighted by Gasteiger charge is -2.43. The molecule has 4 unspecified atom stereocenters. The van der Waals surface area contributed by atoms with Crippen molar-refractivity contribution in [2.24, 2.45) is 11.8 Å². The zero-order valence-electron chi connectivity index (χ0n) is 40.9. The van der Waals surface area contributed by atoms with Crippen molar-refractivity contribution in [1.29, 1.82) is 0 Å². The number of aromatic nitrogens is 1. The lowest BCUT2D eigenvalue weighted by atomic mass is 9.43. The molecule has 0 bridgehead atoms. The van der Waals surface area contributed by atoms with Crippen LogP contribution in [0.15, 0.2) is 192 Å². The van der Waals surface area contributed by atoms with Crippen molar-refractivity contribution in [1.82, 2.24) is 4.57 Å². The Kier molecular flexibility index (Phi) is 7.51. The molecule has 2 aliphatic heterocycles. The summed E-state index contributed by atoms with van der Waals surface area (Å²) < 4.78 is 12.6. The molecule has 0 radical (unpaired) electrons. The van der Waals surface area contributed by atoms with Gasteiger partial charge in [-0.25, -0.2) is 0 Å². The molecule has 4 aliphatic carbocycles. The van der Waals surface area contributed by atoms with Crippen LogP contribution in [-0.4, -0.2) is 11.4 Å². The third kappa shape index (κ3) is 5.41. The summed E-state index contributed by atoms with van der Waals surface area (Å²) in [6.45, 7) is 4.96. The fourth-order valence-corrected chi connectivity index (χ4v) is 16.1. The fourth-order valence-electron chi connectivity index (χ4n) is 14.9. The molecule has 73 heavy (non-hydrogen) atoms. The van der Waals surface area contributed by atoms with Crippen LogP contribution in [0.3, 0.4) is 0 Å². The molecule has 2 fully saturated rings. The van der Waals surface area contributed by atoms with E-state index >= 15 is 0 Å². The monoisotopic (exact) mass is 952 g/mol. The van der Waals surface area contributed by atoms with Crippen LogP contribution in [0.1, 0.15) is 63.5 Å². The number of hydrogen-bond donors (Lipinski definition) is 0. The molecule has 5 heteroatoms. The van der Waals surface area contributed by atoms with Gasteiger partial charge in [-0.05, 0) is 177 Å². The molecule has 3 nitrogen and oxygen atoms in total. The number of anilines is 2. The summed E-state index contributed by atoms with van der Waals surface area (Å²) >= 11 is 1.93. The highest BCUT2D eigenvalue weighted by atomic mass is 32.1. The van der Waals surface area contributed by atoms with E-state index in [9.17, 15) is 0 Å². The summed E-state index contributed by atoms with van der Waals surface area (Å²) in [5.41, 5.74) is 22.3. The zero-order valence-corrected chi connectivity index (χ0v) is 41.7. The Hall–Kier alpha value is -7.60. The van der Waals surface area contributed by atoms with Crippen LogP contribution in [0.25, 0.3) is 103 Å². The summed E-state index contributed by atoms with van der Waals surface area (Å²) in [6.07, 6.45) is 12.4. The van der Waals surface area contributed by atoms with Gasteiger partial charge in [-0.1, -0.05) is 134 Å². The maximum atomic E-state index is 7.29. The normalized spacial score (nSPS) is 22.3. The predicted octanol–water partition coefficient (Wildman–Crippen LogP) is 17.1. The van der Waals surface area contributed by atoms with Crippen molar-refractivity contribution < 1.29 is 4.42 Å². The van der Waals surface area contributed by atoms with E-state index < -0.39 is 0 Å². The molecule has 12 aromatic rings. The van der Waals surface area contributed by atoms with Crippen molar-refractivity contribution in [2.75, 3.05) is 4.81 Å². The molecule has 18 rings (SSSR count). The second-order valence-electron chi connectivity index (χ2n) is 23.3. The molecule has 9 aromatic carbocycles. The van der Waals surface area contributed by atoms with Gasteiger partial charge in [-0.3, -0.25) is 0 Å². The van der Waals surface area contributed by atoms with Crippen molar-refractivity contribution in [3.63, 3.8) is 0 Å². The smallest absolute Gasteiger partial charge is 0.333 e. The average Bonchev–Trinajstić information content (AvgIpc) is 4.28. The van der Waals surface area contributed by atoms with Gasteiger partial charge in [0.15, 0.2) is 5.58 Å². The van der Waals surface area contributed by atoms with Gasteiger partial charge >= 0.3 is 6.85 Å². The SMILES string of the molecule is CC1(c2ccc3c(c2)c2cc(C4(C)CC=C5CC5C4)cc4c2n3-c2c3c(cc5c2oc2ccccc25)-c2cc5c(cc2N(c2ccc(-c6ccccc6)cc2)B34)sc2cc3ccccc3cc25)CC=C2CC2C1. The maximum Gasteiger partial charge on any atom is 0.333 e. The van der Waals surface area contributed by atoms with E-state index in [0.29, 0.717) is 5.92 Å². The largest absolute Gasteiger partial charge is 0.454 e. The number of allylic oxidation sites excluding steroid dienone is 4. The van der Waals surface area contributed by atoms with Gasteiger partial charge < -0.3 is 13.8 Å². The molecule has 0 saturated heterocycles. The first-order valence-corrected chi connectivity index (χ1v) is 27.5. The second-order valence-corrected chi connectivity index (χ2v) is 24.4. The molecule has 3 aromatic heterocycles. The summed E-state index contributed by atoms with van der Waals surface area (Å²) in [5, 5.41) is 10.3. The Balaban J connectivity index is 0.991. The molecule has 4 atom stereocenters. The van der Waals surface area contributed by atoms with E-state index in [1.165, 1.54) is 145 Å². The van der Waals surface area contributed by atoms with Crippen molar-refractivity contribution in [3.8, 4) is 27.9 Å². The van der Waals surface area contributed by atoms with Crippen LogP contribution in [0.2, 0.25) is 0 Å². The fraction of sp³-hybridized carbons (Fsp3) is 0.176. The third-order valence-electron chi connectivity index (χ3n) is 19.0. The van der Waals surface area contributed by atoms with Gasteiger partial charge in [0.05, 0.1) is 16.7 Å². The topological polar surface area (TPSA) is 21.3 Å². The van der Waals surface area contributed by atoms with E-state index in [1.54, 1.807) is 11.1 Å². The molecule has 346 valence electrons. The Labute approximate surface area is 427 Å². The minimum Gasteiger partial charge on any atom is -0.454 e. The van der Waals surface area contributed by atoms with Crippen LogP contribution in [0, 0.1) is 11.8 Å². The number of benzene rings is 9. The second kappa shape index (κ2) is 13.7. The zero-order chi connectivity index (χ0) is 47.6. The highest BCUT2D eigenvalue weighted by Crippen LogP contribution is 2.57. The minimum absolute atomic E-state index is 0.0250. The Morgan fingerprint density at radius 3 is 2.03 bits per heavy atom. The maximum absolute atomic E-state index is 7.29. The highest BCUT2D eigenvalue weighted by molar-refractivity contribution is 7.26. The molecule has 0 N–H and O–H groups in total. The van der Waals surface area contributed by atoms with E-state index in [2.05, 4.69) is 199 Å². The number of thiophene rings is 1. The third-order valence-corrected chi connectivity index (χ3v) is 20.1. The Morgan fingerprint density at radius 2 is 1.23 bits per heavy atom. The number of fused-ring (bicyclic) bond motifs is 17. The van der Waals surface area contributed by atoms with Crippen molar-refractivity contribution in [2.45, 2.75) is 63.2 Å². The molecule has 5 heterocycles. The van der Waals surface area contributed by atoms with Gasteiger partial charge in [0.2, 0.25) is 0 Å². The first-order valence-electron chi connectivity index (χ1n) is 26.7. The quantitative estimate of drug-likeness (QED) is 0.129. The lowest BCUT2D eigenvalue weighted by molar-refractivity contribution is 0.407. The number of para-hydroxylation sites is 1. The van der Waals surface area contributed by atoms with Gasteiger partial charge in [0.25, 0.3) is 0 Å². The van der Waals surface area contributed by atoms with Crippen LogP contribution in [0.5, 0.6) is 0 Å². The molecular weight excluding hydrogens is 904 g/mol. The number of rotatable bonds is 4. The molecule has 2 saturated carbocycles. The van der Waals surface area contributed by atoms with Crippen LogP contribution in [0.4, 0.5) is 11.4 Å². The van der Waals surface area contributed by atoms with E-state index in [-0.39, 0.29) is 17.7 Å². The predicted molar refractivity (Wildman–Crippen MR) is 308 cm³/mol. The van der Waals surface area contributed by atoms with Gasteiger partial charge in [0, 0.05) is 58.7 Å². The van der Waals surface area contributed by atoms with Gasteiger partial charge in [-0.2, -0.15) is 0 Å². The summed E-state index contributed by atoms with van der Waals surface area (Å²) in [6, 6.07) is 63.2. The number of hydrogen-bond acceptors (Lipinski definition) is 3. The van der Waals surface area contributed by atoms with Gasteiger partial charge in [-0.15, -0.1) is 11.3 Å². The average molecular weight is 953 g/mol. The molecule has 6 aliphatic rings. The van der Waals surface area contributed by atoms with E-state index in [1.807, 2.05) is 11.3 Å². The first-order chi connectivity index (χ1) is 35.8. The van der Waals surface area contributed by atoms with Crippen molar-refractivity contribution in [3.05, 3.63) is 198 Å². The van der Waals surface area contributed by atoms with E-state index in [4.69, 9.17) is 4.42 Å². The Bertz CT molecular complexity index is 4570. The first kappa shape index (κ1) is 40.0. The highest BCUT2D eigenvalue weighted by Gasteiger charge is 2.48. The van der Waals surface area contributed by atoms with E-state index in [0.717, 1.165) is 35.3 Å². The summed E-state index contributed by atoms with van der Waals surface area (Å²) in [5.74, 6) is 1.46. The van der Waals surface area contributed by atoms with Crippen LogP contribution in [-0.2, 0) is 10.8 Å². The molecular formula is C68H49BN2OS.